The van der Waals surface area contributed by atoms with Crippen LogP contribution in [0.3, 0.4) is 0 Å². The molecule has 0 aliphatic rings. The van der Waals surface area contributed by atoms with Gasteiger partial charge in [0.1, 0.15) is 5.69 Å². The number of benzene rings is 2. The van der Waals surface area contributed by atoms with Crippen molar-refractivity contribution in [3.05, 3.63) is 64.7 Å². The second kappa shape index (κ2) is 7.84. The fourth-order valence-corrected chi connectivity index (χ4v) is 2.05. The molecule has 2 aromatic rings. The lowest BCUT2D eigenvalue weighted by Crippen LogP contribution is -3.00. The smallest absolute Gasteiger partial charge is 0.338 e. The van der Waals surface area contributed by atoms with Gasteiger partial charge >= 0.3 is 5.97 Å². The van der Waals surface area contributed by atoms with Crippen LogP contribution in [0, 0.1) is 0 Å². The molecule has 21 heavy (non-hydrogen) atoms. The molecule has 2 rings (SSSR count). The third-order valence-electron chi connectivity index (χ3n) is 2.90. The largest absolute Gasteiger partial charge is 1.00 e. The Kier molecular flexibility index (Phi) is 6.43. The van der Waals surface area contributed by atoms with Crippen LogP contribution in [0.2, 0.25) is 5.02 Å². The van der Waals surface area contributed by atoms with Crippen LogP contribution >= 0.6 is 11.6 Å². The van der Waals surface area contributed by atoms with Crippen LogP contribution in [0.25, 0.3) is 11.6 Å². The first-order valence-corrected chi connectivity index (χ1v) is 6.46. The highest BCUT2D eigenvalue weighted by Gasteiger charge is 2.14. The quantitative estimate of drug-likeness (QED) is 0.488. The van der Waals surface area contributed by atoms with Gasteiger partial charge in [-0.25, -0.2) is 4.79 Å². The lowest BCUT2D eigenvalue weighted by molar-refractivity contribution is -0.255. The zero-order valence-electron chi connectivity index (χ0n) is 11.5. The van der Waals surface area contributed by atoms with Gasteiger partial charge in [0, 0.05) is 10.6 Å². The fraction of sp³-hybridized carbons (Fsp3) is 0.0625. The standard InChI is InChI=1S/C16H14ClNO2.ClH/c1-20-16(19)14(11-6-4-7-13(17)9-11)10-12-5-2-3-8-15(12)18;/h2-10H,18H2,1H3;1H/b14-10+;. The van der Waals surface area contributed by atoms with Crippen LogP contribution in [-0.2, 0) is 9.53 Å². The van der Waals surface area contributed by atoms with Crippen molar-refractivity contribution in [1.82, 2.24) is 0 Å². The molecule has 0 radical (unpaired) electrons. The molecule has 0 heterocycles. The number of hydrogen-bond acceptors (Lipinski definition) is 2. The van der Waals surface area contributed by atoms with E-state index in [1.165, 1.54) is 7.11 Å². The summed E-state index contributed by atoms with van der Waals surface area (Å²) in [5.74, 6) is -0.407. The Bertz CT molecular complexity index is 669. The Labute approximate surface area is 134 Å². The third kappa shape index (κ3) is 4.33. The van der Waals surface area contributed by atoms with E-state index >= 15 is 0 Å². The SMILES string of the molecule is COC(=O)/C(=C/c1ccccc1[NH3+])c1cccc(Cl)c1.[Cl-]. The summed E-state index contributed by atoms with van der Waals surface area (Å²) in [5.41, 5.74) is 6.82. The van der Waals surface area contributed by atoms with Crippen LogP contribution in [-0.4, -0.2) is 13.1 Å². The molecular weight excluding hydrogens is 309 g/mol. The number of rotatable bonds is 3. The molecule has 3 N–H and O–H groups in total. The predicted molar refractivity (Wildman–Crippen MR) is 80.3 cm³/mol. The average Bonchev–Trinajstić information content (AvgIpc) is 2.45. The van der Waals surface area contributed by atoms with Crippen LogP contribution in [0.1, 0.15) is 11.1 Å². The van der Waals surface area contributed by atoms with Crippen molar-refractivity contribution in [1.29, 1.82) is 0 Å². The van der Waals surface area contributed by atoms with Gasteiger partial charge in [0.05, 0.1) is 12.7 Å². The Morgan fingerprint density at radius 2 is 1.90 bits per heavy atom. The van der Waals surface area contributed by atoms with Crippen molar-refractivity contribution in [3.63, 3.8) is 0 Å². The molecule has 5 heteroatoms. The number of esters is 1. The molecule has 0 spiro atoms. The topological polar surface area (TPSA) is 53.9 Å². The predicted octanol–water partition coefficient (Wildman–Crippen LogP) is -0.0690. The minimum Gasteiger partial charge on any atom is -1.00 e. The summed E-state index contributed by atoms with van der Waals surface area (Å²) in [6.07, 6.45) is 1.76. The molecule has 0 saturated heterocycles. The van der Waals surface area contributed by atoms with Gasteiger partial charge in [-0.1, -0.05) is 35.9 Å². The average molecular weight is 324 g/mol. The van der Waals surface area contributed by atoms with Gasteiger partial charge in [-0.05, 0) is 35.9 Å². The highest BCUT2D eigenvalue weighted by Crippen LogP contribution is 2.24. The minimum atomic E-state index is -0.407. The Hall–Kier alpha value is -1.81. The van der Waals surface area contributed by atoms with E-state index in [-0.39, 0.29) is 12.4 Å². The molecule has 110 valence electrons. The maximum Gasteiger partial charge on any atom is 0.338 e. The minimum absolute atomic E-state index is 0. The van der Waals surface area contributed by atoms with Crippen LogP contribution in [0.15, 0.2) is 48.5 Å². The second-order valence-electron chi connectivity index (χ2n) is 4.26. The molecule has 0 fully saturated rings. The Balaban J connectivity index is 0.00000220. The van der Waals surface area contributed by atoms with Gasteiger partial charge in [-0.3, -0.25) is 0 Å². The first-order valence-electron chi connectivity index (χ1n) is 6.09. The van der Waals surface area contributed by atoms with E-state index in [2.05, 4.69) is 5.73 Å². The van der Waals surface area contributed by atoms with Crippen molar-refractivity contribution in [2.45, 2.75) is 0 Å². The van der Waals surface area contributed by atoms with Gasteiger partial charge in [0.25, 0.3) is 0 Å². The lowest BCUT2D eigenvalue weighted by Gasteiger charge is -2.07. The van der Waals surface area contributed by atoms with Crippen LogP contribution < -0.4 is 18.1 Å². The van der Waals surface area contributed by atoms with Crippen LogP contribution in [0.5, 0.6) is 0 Å². The number of carbonyl (C=O) groups excluding carboxylic acids is 1. The first kappa shape index (κ1) is 17.2. The van der Waals surface area contributed by atoms with E-state index in [0.717, 1.165) is 11.3 Å². The second-order valence-corrected chi connectivity index (χ2v) is 4.70. The zero-order chi connectivity index (χ0) is 14.5. The van der Waals surface area contributed by atoms with Crippen molar-refractivity contribution >= 4 is 34.9 Å². The van der Waals surface area contributed by atoms with E-state index < -0.39 is 5.97 Å². The van der Waals surface area contributed by atoms with Crippen molar-refractivity contribution in [3.8, 4) is 0 Å². The maximum atomic E-state index is 12.0. The van der Waals surface area contributed by atoms with Gasteiger partial charge < -0.3 is 22.9 Å². The summed E-state index contributed by atoms with van der Waals surface area (Å²) in [6, 6.07) is 14.7. The Morgan fingerprint density at radius 1 is 1.19 bits per heavy atom. The third-order valence-corrected chi connectivity index (χ3v) is 3.13. The number of methoxy groups -OCH3 is 1. The van der Waals surface area contributed by atoms with Gasteiger partial charge in [0.15, 0.2) is 0 Å². The number of quaternary nitrogens is 1. The fourth-order valence-electron chi connectivity index (χ4n) is 1.86. The van der Waals surface area contributed by atoms with Crippen molar-refractivity contribution in [2.24, 2.45) is 0 Å². The van der Waals surface area contributed by atoms with Crippen molar-refractivity contribution in [2.75, 3.05) is 7.11 Å². The molecular formula is C16H15Cl2NO2. The molecule has 0 bridgehead atoms. The number of carbonyl (C=O) groups is 1. The Morgan fingerprint density at radius 3 is 2.52 bits per heavy atom. The summed E-state index contributed by atoms with van der Waals surface area (Å²) >= 11 is 5.98. The molecule has 3 nitrogen and oxygen atoms in total. The number of halogens is 2. The molecule has 0 aliphatic carbocycles. The highest BCUT2D eigenvalue weighted by atomic mass is 35.5. The van der Waals surface area contributed by atoms with E-state index in [1.807, 2.05) is 30.3 Å². The normalized spacial score (nSPS) is 10.7. The lowest BCUT2D eigenvalue weighted by atomic mass is 10.0. The summed E-state index contributed by atoms with van der Waals surface area (Å²) in [7, 11) is 1.36. The van der Waals surface area contributed by atoms with Crippen molar-refractivity contribution < 1.29 is 27.7 Å². The molecule has 0 atom stereocenters. The van der Waals surface area contributed by atoms with E-state index in [1.54, 1.807) is 24.3 Å². The van der Waals surface area contributed by atoms with Gasteiger partial charge in [0.2, 0.25) is 0 Å². The first-order chi connectivity index (χ1) is 9.61. The van der Waals surface area contributed by atoms with Gasteiger partial charge in [-0.2, -0.15) is 0 Å². The summed E-state index contributed by atoms with van der Waals surface area (Å²) < 4.78 is 4.85. The summed E-state index contributed by atoms with van der Waals surface area (Å²) in [6.45, 7) is 0. The zero-order valence-corrected chi connectivity index (χ0v) is 13.0. The molecule has 2 aromatic carbocycles. The number of hydrogen-bond donors (Lipinski definition) is 1. The number of ether oxygens (including phenoxy) is 1. The van der Waals surface area contributed by atoms with E-state index in [9.17, 15) is 4.79 Å². The molecule has 0 saturated carbocycles. The molecule has 0 amide bonds. The van der Waals surface area contributed by atoms with E-state index in [4.69, 9.17) is 16.3 Å². The van der Waals surface area contributed by atoms with Crippen LogP contribution in [0.4, 0.5) is 5.69 Å². The van der Waals surface area contributed by atoms with E-state index in [0.29, 0.717) is 16.2 Å². The highest BCUT2D eigenvalue weighted by molar-refractivity contribution is 6.31. The van der Waals surface area contributed by atoms with Gasteiger partial charge in [-0.15, -0.1) is 0 Å². The summed E-state index contributed by atoms with van der Waals surface area (Å²) in [5, 5.41) is 0.570. The maximum absolute atomic E-state index is 12.0. The molecule has 0 unspecified atom stereocenters. The molecule has 0 aliphatic heterocycles. The molecule has 0 aromatic heterocycles. The monoisotopic (exact) mass is 323 g/mol. The summed E-state index contributed by atoms with van der Waals surface area (Å²) in [4.78, 5) is 12.0.